The third-order valence-corrected chi connectivity index (χ3v) is 5.33. The first-order valence-corrected chi connectivity index (χ1v) is 9.82. The molecule has 0 aliphatic carbocycles. The smallest absolute Gasteiger partial charge is 0.303 e. The molecule has 1 aromatic carbocycles. The lowest BCUT2D eigenvalue weighted by Crippen LogP contribution is -2.65. The number of esters is 2. The molecule has 0 spiro atoms. The zero-order valence-corrected chi connectivity index (χ0v) is 18.2. The molecule has 1 aliphatic heterocycles. The van der Waals surface area contributed by atoms with Crippen molar-refractivity contribution in [2.45, 2.75) is 72.1 Å². The number of carbonyl (C=O) groups excluding carboxylic acids is 2. The molecule has 0 amide bonds. The van der Waals surface area contributed by atoms with E-state index >= 15 is 0 Å². The van der Waals surface area contributed by atoms with Gasteiger partial charge in [0.2, 0.25) is 11.9 Å². The second-order valence-corrected chi connectivity index (χ2v) is 8.02. The number of hydrogen-bond acceptors (Lipinski definition) is 6. The summed E-state index contributed by atoms with van der Waals surface area (Å²) in [5.74, 6) is -0.523. The van der Waals surface area contributed by atoms with E-state index < -0.39 is 29.9 Å². The van der Waals surface area contributed by atoms with Gasteiger partial charge in [-0.1, -0.05) is 35.8 Å². The van der Waals surface area contributed by atoms with E-state index in [2.05, 4.69) is 15.9 Å². The normalized spacial score (nSPS) is 30.5. The minimum atomic E-state index is -1.29. The molecule has 0 radical (unpaired) electrons. The van der Waals surface area contributed by atoms with Gasteiger partial charge in [0.1, 0.15) is 5.75 Å². The zero-order chi connectivity index (χ0) is 20.4. The number of halogens is 1. The molecule has 1 aromatic rings. The number of hydrogen-bond donors (Lipinski definition) is 0. The number of rotatable bonds is 5. The molecule has 6 nitrogen and oxygen atoms in total. The predicted molar refractivity (Wildman–Crippen MR) is 103 cm³/mol. The Hall–Kier alpha value is -1.60. The lowest BCUT2D eigenvalue weighted by atomic mass is 9.81. The minimum Gasteiger partial charge on any atom is -0.460 e. The Bertz CT molecular complexity index is 706. The molecule has 1 heterocycles. The Morgan fingerprint density at radius 3 is 2.48 bits per heavy atom. The third kappa shape index (κ3) is 4.82. The first-order valence-electron chi connectivity index (χ1n) is 9.03. The van der Waals surface area contributed by atoms with E-state index in [1.54, 1.807) is 6.92 Å². The summed E-state index contributed by atoms with van der Waals surface area (Å²) < 4.78 is 24.4. The molecule has 0 saturated carbocycles. The van der Waals surface area contributed by atoms with Crippen molar-refractivity contribution in [2.75, 3.05) is 0 Å². The van der Waals surface area contributed by atoms with Gasteiger partial charge in [-0.25, -0.2) is 0 Å². The molecule has 1 aliphatic rings. The molecular weight excluding hydrogens is 416 g/mol. The van der Waals surface area contributed by atoms with Crippen LogP contribution in [-0.2, 0) is 23.8 Å². The van der Waals surface area contributed by atoms with Gasteiger partial charge in [-0.05, 0) is 38.0 Å². The molecule has 0 unspecified atom stereocenters. The third-order valence-electron chi connectivity index (χ3n) is 4.84. The summed E-state index contributed by atoms with van der Waals surface area (Å²) in [7, 11) is 0. The van der Waals surface area contributed by atoms with Crippen molar-refractivity contribution in [2.24, 2.45) is 5.92 Å². The number of aryl methyl sites for hydroxylation is 1. The summed E-state index contributed by atoms with van der Waals surface area (Å²) >= 11 is 3.43. The van der Waals surface area contributed by atoms with E-state index in [9.17, 15) is 9.59 Å². The van der Waals surface area contributed by atoms with E-state index in [4.69, 9.17) is 18.9 Å². The number of ether oxygens (including phenoxy) is 4. The van der Waals surface area contributed by atoms with E-state index in [1.165, 1.54) is 13.8 Å². The van der Waals surface area contributed by atoms with Crippen molar-refractivity contribution in [1.29, 1.82) is 0 Å². The molecular formula is C20H27BrO6. The molecule has 7 heteroatoms. The summed E-state index contributed by atoms with van der Waals surface area (Å²) in [5, 5.41) is 0. The Morgan fingerprint density at radius 1 is 1.26 bits per heavy atom. The van der Waals surface area contributed by atoms with Crippen LogP contribution in [0.4, 0.5) is 0 Å². The lowest BCUT2D eigenvalue weighted by molar-refractivity contribution is -0.304. The van der Waals surface area contributed by atoms with E-state index in [0.29, 0.717) is 12.2 Å². The van der Waals surface area contributed by atoms with Gasteiger partial charge in [-0.3, -0.25) is 9.59 Å². The summed E-state index contributed by atoms with van der Waals surface area (Å²) in [6.07, 6.45) is -1.14. The van der Waals surface area contributed by atoms with Gasteiger partial charge in [-0.15, -0.1) is 0 Å². The van der Waals surface area contributed by atoms with Gasteiger partial charge in [0.15, 0.2) is 6.10 Å². The number of benzene rings is 1. The van der Waals surface area contributed by atoms with E-state index in [1.807, 2.05) is 39.0 Å². The highest BCUT2D eigenvalue weighted by Gasteiger charge is 2.57. The van der Waals surface area contributed by atoms with Crippen molar-refractivity contribution in [3.8, 4) is 5.75 Å². The summed E-state index contributed by atoms with van der Waals surface area (Å²) in [6, 6.07) is 5.65. The van der Waals surface area contributed by atoms with Crippen LogP contribution in [0.1, 0.15) is 46.6 Å². The Kier molecular flexibility index (Phi) is 6.92. The van der Waals surface area contributed by atoms with Crippen molar-refractivity contribution in [1.82, 2.24) is 0 Å². The Balaban J connectivity index is 2.47. The molecule has 150 valence electrons. The second kappa shape index (κ2) is 8.61. The summed E-state index contributed by atoms with van der Waals surface area (Å²) in [5.41, 5.74) is -0.389. The van der Waals surface area contributed by atoms with Crippen LogP contribution in [0, 0.1) is 12.8 Å². The molecule has 2 rings (SSSR count). The monoisotopic (exact) mass is 442 g/mol. The average molecular weight is 443 g/mol. The highest BCUT2D eigenvalue weighted by molar-refractivity contribution is 9.10. The SMILES string of the molecule is CC[C@H]1O[C@H](Oc2cc(Br)ccc2C)[C@@](C)(OC(C)=O)[C@@H](OC(C)=O)[C@@H]1C. The van der Waals surface area contributed by atoms with Crippen LogP contribution >= 0.6 is 15.9 Å². The van der Waals surface area contributed by atoms with Crippen molar-refractivity contribution >= 4 is 27.9 Å². The van der Waals surface area contributed by atoms with Gasteiger partial charge in [0.05, 0.1) is 6.10 Å². The van der Waals surface area contributed by atoms with Gasteiger partial charge in [0.25, 0.3) is 0 Å². The van der Waals surface area contributed by atoms with Gasteiger partial charge < -0.3 is 18.9 Å². The zero-order valence-electron chi connectivity index (χ0n) is 16.6. The molecule has 5 atom stereocenters. The fourth-order valence-electron chi connectivity index (χ4n) is 3.52. The summed E-state index contributed by atoms with van der Waals surface area (Å²) in [4.78, 5) is 23.6. The molecule has 1 fully saturated rings. The van der Waals surface area contributed by atoms with Gasteiger partial charge >= 0.3 is 11.9 Å². The van der Waals surface area contributed by atoms with Crippen LogP contribution in [0.15, 0.2) is 22.7 Å². The van der Waals surface area contributed by atoms with Crippen LogP contribution in [-0.4, -0.2) is 36.0 Å². The van der Waals surface area contributed by atoms with Crippen molar-refractivity contribution in [3.05, 3.63) is 28.2 Å². The lowest BCUT2D eigenvalue weighted by Gasteiger charge is -2.50. The van der Waals surface area contributed by atoms with Crippen LogP contribution in [0.5, 0.6) is 5.75 Å². The standard InChI is InChI=1S/C20H27BrO6/c1-7-16-12(3)18(24-13(4)22)20(6,27-14(5)23)19(25-16)26-17-10-15(21)9-8-11(17)2/h8-10,12,16,18-19H,7H2,1-6H3/t12-,16-,18+,19-,20+/m1/s1. The Labute approximate surface area is 168 Å². The van der Waals surface area contributed by atoms with Crippen LogP contribution in [0.25, 0.3) is 0 Å². The Morgan fingerprint density at radius 2 is 1.93 bits per heavy atom. The topological polar surface area (TPSA) is 71.1 Å². The van der Waals surface area contributed by atoms with E-state index in [-0.39, 0.29) is 12.0 Å². The molecule has 1 saturated heterocycles. The second-order valence-electron chi connectivity index (χ2n) is 7.11. The quantitative estimate of drug-likeness (QED) is 0.637. The maximum atomic E-state index is 11.8. The van der Waals surface area contributed by atoms with Crippen molar-refractivity contribution in [3.63, 3.8) is 0 Å². The molecule has 27 heavy (non-hydrogen) atoms. The maximum Gasteiger partial charge on any atom is 0.303 e. The van der Waals surface area contributed by atoms with Gasteiger partial charge in [0, 0.05) is 24.2 Å². The fourth-order valence-corrected chi connectivity index (χ4v) is 3.86. The fraction of sp³-hybridized carbons (Fsp3) is 0.600. The van der Waals surface area contributed by atoms with Gasteiger partial charge in [-0.2, -0.15) is 0 Å². The number of carbonyl (C=O) groups is 2. The molecule has 0 bridgehead atoms. The van der Waals surface area contributed by atoms with Crippen molar-refractivity contribution < 1.29 is 28.5 Å². The van der Waals surface area contributed by atoms with Crippen LogP contribution in [0.2, 0.25) is 0 Å². The highest BCUT2D eigenvalue weighted by Crippen LogP contribution is 2.41. The largest absolute Gasteiger partial charge is 0.460 e. The first kappa shape index (κ1) is 21.7. The predicted octanol–water partition coefficient (Wildman–Crippen LogP) is 4.16. The molecule has 0 N–H and O–H groups in total. The molecule has 0 aromatic heterocycles. The van der Waals surface area contributed by atoms with Crippen LogP contribution < -0.4 is 4.74 Å². The van der Waals surface area contributed by atoms with Crippen LogP contribution in [0.3, 0.4) is 0 Å². The first-order chi connectivity index (χ1) is 12.6. The summed E-state index contributed by atoms with van der Waals surface area (Å²) in [6.45, 7) is 10.2. The maximum absolute atomic E-state index is 11.8. The average Bonchev–Trinajstić information content (AvgIpc) is 2.56. The minimum absolute atomic E-state index is 0.174. The highest BCUT2D eigenvalue weighted by atomic mass is 79.9. The van der Waals surface area contributed by atoms with E-state index in [0.717, 1.165) is 10.0 Å².